The van der Waals surface area contributed by atoms with Crippen LogP contribution in [0.15, 0.2) is 11.0 Å². The number of carbonyl (C=O) groups is 1. The largest absolute Gasteiger partial charge is 0.494 e. The van der Waals surface area contributed by atoms with Crippen LogP contribution in [0.5, 0.6) is 11.8 Å². The highest BCUT2D eigenvalue weighted by molar-refractivity contribution is 7.99. The van der Waals surface area contributed by atoms with Crippen LogP contribution in [-0.4, -0.2) is 26.3 Å². The first kappa shape index (κ1) is 20.9. The molecule has 138 valence electrons. The molecule has 0 atom stereocenters. The first-order chi connectivity index (χ1) is 11.6. The SMILES string of the molecule is CCCSc1cc(O)n(CCCCCCCCCCC(C)=O)c1O. The predicted octanol–water partition coefficient (Wildman–Crippen LogP) is 5.50. The van der Waals surface area contributed by atoms with Crippen LogP contribution in [0.2, 0.25) is 0 Å². The number of unbranched alkanes of at least 4 members (excludes halogenated alkanes) is 7. The van der Waals surface area contributed by atoms with Gasteiger partial charge in [0.05, 0.1) is 4.90 Å². The van der Waals surface area contributed by atoms with Gasteiger partial charge in [-0.15, -0.1) is 11.8 Å². The van der Waals surface area contributed by atoms with Crippen molar-refractivity contribution in [2.75, 3.05) is 5.75 Å². The van der Waals surface area contributed by atoms with E-state index in [4.69, 9.17) is 0 Å². The van der Waals surface area contributed by atoms with Gasteiger partial charge in [0, 0.05) is 19.0 Å². The topological polar surface area (TPSA) is 62.5 Å². The summed E-state index contributed by atoms with van der Waals surface area (Å²) in [6, 6.07) is 1.66. The van der Waals surface area contributed by atoms with E-state index in [1.54, 1.807) is 29.3 Å². The van der Waals surface area contributed by atoms with Crippen molar-refractivity contribution in [1.29, 1.82) is 0 Å². The van der Waals surface area contributed by atoms with Crippen molar-refractivity contribution in [3.8, 4) is 11.8 Å². The Balaban J connectivity index is 2.11. The molecular formula is C19H33NO3S. The van der Waals surface area contributed by atoms with E-state index in [9.17, 15) is 15.0 Å². The fraction of sp³-hybridized carbons (Fsp3) is 0.737. The van der Waals surface area contributed by atoms with Crippen molar-refractivity contribution in [3.05, 3.63) is 6.07 Å². The van der Waals surface area contributed by atoms with Gasteiger partial charge in [0.1, 0.15) is 5.78 Å². The molecular weight excluding hydrogens is 322 g/mol. The smallest absolute Gasteiger partial charge is 0.208 e. The normalized spacial score (nSPS) is 11.1. The maximum atomic E-state index is 10.8. The number of thioether (sulfide) groups is 1. The van der Waals surface area contributed by atoms with Gasteiger partial charge < -0.3 is 15.0 Å². The number of ketones is 1. The van der Waals surface area contributed by atoms with Crippen molar-refractivity contribution in [2.45, 2.75) is 89.5 Å². The molecule has 0 fully saturated rings. The third kappa shape index (κ3) is 8.13. The van der Waals surface area contributed by atoms with Crippen molar-refractivity contribution >= 4 is 17.5 Å². The highest BCUT2D eigenvalue weighted by Gasteiger charge is 2.13. The average Bonchev–Trinajstić information content (AvgIpc) is 2.81. The molecule has 0 amide bonds. The van der Waals surface area contributed by atoms with E-state index in [0.717, 1.165) is 49.2 Å². The molecule has 1 aromatic heterocycles. The zero-order chi connectivity index (χ0) is 17.8. The second kappa shape index (κ2) is 12.3. The van der Waals surface area contributed by atoms with Crippen LogP contribution in [-0.2, 0) is 11.3 Å². The summed E-state index contributed by atoms with van der Waals surface area (Å²) in [6.07, 6.45) is 10.9. The van der Waals surface area contributed by atoms with Gasteiger partial charge in [-0.1, -0.05) is 45.4 Å². The molecule has 5 heteroatoms. The zero-order valence-electron chi connectivity index (χ0n) is 15.2. The third-order valence-electron chi connectivity index (χ3n) is 4.14. The first-order valence-corrected chi connectivity index (χ1v) is 10.3. The average molecular weight is 356 g/mol. The molecule has 0 unspecified atom stereocenters. The van der Waals surface area contributed by atoms with E-state index >= 15 is 0 Å². The minimum Gasteiger partial charge on any atom is -0.494 e. The van der Waals surface area contributed by atoms with E-state index in [-0.39, 0.29) is 11.8 Å². The fourth-order valence-corrected chi connectivity index (χ4v) is 3.60. The molecule has 1 aromatic rings. The summed E-state index contributed by atoms with van der Waals surface area (Å²) in [6.45, 7) is 4.43. The zero-order valence-corrected chi connectivity index (χ0v) is 16.0. The maximum Gasteiger partial charge on any atom is 0.208 e. The summed E-state index contributed by atoms with van der Waals surface area (Å²) in [5, 5.41) is 20.1. The molecule has 0 aliphatic heterocycles. The highest BCUT2D eigenvalue weighted by atomic mass is 32.2. The second-order valence-electron chi connectivity index (χ2n) is 6.47. The molecule has 0 aliphatic rings. The number of carbonyl (C=O) groups excluding carboxylic acids is 1. The fourth-order valence-electron chi connectivity index (χ4n) is 2.74. The van der Waals surface area contributed by atoms with E-state index < -0.39 is 0 Å². The Morgan fingerprint density at radius 1 is 1.04 bits per heavy atom. The van der Waals surface area contributed by atoms with Gasteiger partial charge in [-0.05, 0) is 31.9 Å². The Morgan fingerprint density at radius 2 is 1.62 bits per heavy atom. The van der Waals surface area contributed by atoms with Crippen molar-refractivity contribution in [2.24, 2.45) is 0 Å². The summed E-state index contributed by atoms with van der Waals surface area (Å²) in [5.41, 5.74) is 0. The van der Waals surface area contributed by atoms with E-state index in [1.165, 1.54) is 25.7 Å². The summed E-state index contributed by atoms with van der Waals surface area (Å²) in [5.74, 6) is 1.61. The van der Waals surface area contributed by atoms with Crippen LogP contribution in [0.3, 0.4) is 0 Å². The lowest BCUT2D eigenvalue weighted by Gasteiger charge is -2.07. The van der Waals surface area contributed by atoms with Crippen molar-refractivity contribution in [1.82, 2.24) is 4.57 Å². The molecule has 4 nitrogen and oxygen atoms in total. The number of rotatable bonds is 14. The van der Waals surface area contributed by atoms with Gasteiger partial charge in [0.25, 0.3) is 0 Å². The summed E-state index contributed by atoms with van der Waals surface area (Å²) >= 11 is 1.59. The molecule has 0 saturated carbocycles. The van der Waals surface area contributed by atoms with Crippen LogP contribution >= 0.6 is 11.8 Å². The number of nitrogens with zero attached hydrogens (tertiary/aromatic N) is 1. The number of hydrogen-bond donors (Lipinski definition) is 2. The molecule has 0 saturated heterocycles. The quantitative estimate of drug-likeness (QED) is 0.341. The standard InChI is InChI=1S/C19H33NO3S/c1-3-14-24-17-15-18(22)20(19(17)23)13-11-9-7-5-4-6-8-10-12-16(2)21/h15,22-23H,3-14H2,1-2H3. The minimum atomic E-state index is 0.163. The summed E-state index contributed by atoms with van der Waals surface area (Å²) in [4.78, 5) is 11.6. The van der Waals surface area contributed by atoms with Crippen LogP contribution < -0.4 is 0 Å². The van der Waals surface area contributed by atoms with Gasteiger partial charge in [-0.25, -0.2) is 0 Å². The van der Waals surface area contributed by atoms with Gasteiger partial charge >= 0.3 is 0 Å². The number of aromatic nitrogens is 1. The van der Waals surface area contributed by atoms with Crippen LogP contribution in [0.25, 0.3) is 0 Å². The highest BCUT2D eigenvalue weighted by Crippen LogP contribution is 2.35. The van der Waals surface area contributed by atoms with E-state index in [2.05, 4.69) is 6.92 Å². The lowest BCUT2D eigenvalue weighted by Crippen LogP contribution is -1.97. The lowest BCUT2D eigenvalue weighted by atomic mass is 10.1. The molecule has 0 aromatic carbocycles. The van der Waals surface area contributed by atoms with Gasteiger partial charge in [-0.3, -0.25) is 4.57 Å². The van der Waals surface area contributed by atoms with Crippen molar-refractivity contribution < 1.29 is 15.0 Å². The molecule has 1 heterocycles. The maximum absolute atomic E-state index is 10.8. The summed E-state index contributed by atoms with van der Waals surface area (Å²) < 4.78 is 1.61. The molecule has 24 heavy (non-hydrogen) atoms. The molecule has 0 radical (unpaired) electrons. The Bertz CT molecular complexity index is 485. The minimum absolute atomic E-state index is 0.163. The Labute approximate surface area is 150 Å². The number of hydrogen-bond acceptors (Lipinski definition) is 4. The van der Waals surface area contributed by atoms with Crippen LogP contribution in [0.1, 0.15) is 78.1 Å². The van der Waals surface area contributed by atoms with Crippen molar-refractivity contribution in [3.63, 3.8) is 0 Å². The van der Waals surface area contributed by atoms with Gasteiger partial charge in [-0.2, -0.15) is 0 Å². The van der Waals surface area contributed by atoms with E-state index in [0.29, 0.717) is 12.3 Å². The van der Waals surface area contributed by atoms with E-state index in [1.807, 2.05) is 0 Å². The monoisotopic (exact) mass is 355 g/mol. The van der Waals surface area contributed by atoms with Gasteiger partial charge in [0.2, 0.25) is 5.88 Å². The predicted molar refractivity (Wildman–Crippen MR) is 101 cm³/mol. The number of Topliss-reactive ketones (excluding diaryl/α,β-unsaturated/α-hetero) is 1. The molecule has 2 N–H and O–H groups in total. The Hall–Kier alpha value is -1.10. The third-order valence-corrected chi connectivity index (χ3v) is 5.36. The molecule has 0 aliphatic carbocycles. The lowest BCUT2D eigenvalue weighted by molar-refractivity contribution is -0.117. The van der Waals surface area contributed by atoms with Gasteiger partial charge in [0.15, 0.2) is 5.88 Å². The second-order valence-corrected chi connectivity index (χ2v) is 7.61. The molecule has 0 bridgehead atoms. The first-order valence-electron chi connectivity index (χ1n) is 9.30. The number of aromatic hydroxyl groups is 2. The van der Waals surface area contributed by atoms with Crippen LogP contribution in [0.4, 0.5) is 0 Å². The van der Waals surface area contributed by atoms with Crippen LogP contribution in [0, 0.1) is 0 Å². The summed E-state index contributed by atoms with van der Waals surface area (Å²) in [7, 11) is 0. The molecule has 1 rings (SSSR count). The Morgan fingerprint density at radius 3 is 2.21 bits per heavy atom. The Kier molecular flexibility index (Phi) is 10.7. The molecule has 0 spiro atoms.